The topological polar surface area (TPSA) is 84.7 Å². The fourth-order valence-corrected chi connectivity index (χ4v) is 1.99. The molecule has 0 fully saturated rings. The average molecular weight is 335 g/mol. The number of primary amides is 1. The van der Waals surface area contributed by atoms with Gasteiger partial charge in [0.1, 0.15) is 5.69 Å². The molecule has 3 N–H and O–H groups in total. The lowest BCUT2D eigenvalue weighted by molar-refractivity contribution is -0.137. The lowest BCUT2D eigenvalue weighted by Gasteiger charge is -2.09. The molecule has 19 heavy (non-hydrogen) atoms. The Morgan fingerprint density at radius 1 is 1.26 bits per heavy atom. The molecule has 0 aliphatic carbocycles. The Kier molecular flexibility index (Phi) is 3.31. The van der Waals surface area contributed by atoms with E-state index in [2.05, 4.69) is 31.3 Å². The van der Waals surface area contributed by atoms with Gasteiger partial charge in [-0.05, 0) is 18.2 Å². The van der Waals surface area contributed by atoms with Crippen molar-refractivity contribution in [1.29, 1.82) is 0 Å². The molecule has 0 saturated heterocycles. The maximum Gasteiger partial charge on any atom is 0.416 e. The molecule has 1 aromatic heterocycles. The van der Waals surface area contributed by atoms with Gasteiger partial charge in [-0.3, -0.25) is 4.79 Å². The van der Waals surface area contributed by atoms with E-state index in [1.807, 2.05) is 0 Å². The number of nitrogens with zero attached hydrogens (tertiary/aromatic N) is 2. The van der Waals surface area contributed by atoms with Crippen LogP contribution in [0.3, 0.4) is 0 Å². The van der Waals surface area contributed by atoms with Gasteiger partial charge in [0, 0.05) is 10.0 Å². The number of halogens is 4. The fourth-order valence-electron chi connectivity index (χ4n) is 1.49. The zero-order valence-electron chi connectivity index (χ0n) is 9.12. The summed E-state index contributed by atoms with van der Waals surface area (Å²) < 4.78 is 38.3. The molecule has 2 aromatic rings. The Balaban J connectivity index is 2.60. The second-order valence-electron chi connectivity index (χ2n) is 3.61. The molecule has 0 radical (unpaired) electrons. The second-order valence-corrected chi connectivity index (χ2v) is 4.53. The Hall–Kier alpha value is -1.90. The van der Waals surface area contributed by atoms with Gasteiger partial charge in [-0.15, -0.1) is 0 Å². The summed E-state index contributed by atoms with van der Waals surface area (Å²) >= 11 is 2.98. The summed E-state index contributed by atoms with van der Waals surface area (Å²) in [5, 5.41) is 9.31. The van der Waals surface area contributed by atoms with Crippen molar-refractivity contribution in [2.75, 3.05) is 0 Å². The van der Waals surface area contributed by atoms with Gasteiger partial charge < -0.3 is 5.73 Å². The number of alkyl halides is 3. The Morgan fingerprint density at radius 2 is 1.95 bits per heavy atom. The molecule has 0 atom stereocenters. The summed E-state index contributed by atoms with van der Waals surface area (Å²) in [6, 6.07) is 3.18. The number of hydrogen-bond acceptors (Lipinski definition) is 3. The van der Waals surface area contributed by atoms with Gasteiger partial charge in [-0.1, -0.05) is 15.9 Å². The molecule has 1 heterocycles. The number of H-pyrrole nitrogens is 1. The van der Waals surface area contributed by atoms with Crippen molar-refractivity contribution in [3.05, 3.63) is 33.9 Å². The molecule has 1 aromatic carbocycles. The van der Waals surface area contributed by atoms with Crippen molar-refractivity contribution in [3.63, 3.8) is 0 Å². The Labute approximate surface area is 113 Å². The molecule has 0 aliphatic rings. The maximum atomic E-state index is 12.7. The lowest BCUT2D eigenvalue weighted by Crippen LogP contribution is -2.13. The first-order chi connectivity index (χ1) is 8.79. The molecule has 1 amide bonds. The van der Waals surface area contributed by atoms with E-state index in [4.69, 9.17) is 5.73 Å². The highest BCUT2D eigenvalue weighted by Crippen LogP contribution is 2.34. The van der Waals surface area contributed by atoms with E-state index >= 15 is 0 Å². The van der Waals surface area contributed by atoms with Crippen LogP contribution in [0.5, 0.6) is 0 Å². The monoisotopic (exact) mass is 334 g/mol. The van der Waals surface area contributed by atoms with Gasteiger partial charge >= 0.3 is 6.18 Å². The molecule has 0 spiro atoms. The molecule has 9 heteroatoms. The number of rotatable bonds is 2. The van der Waals surface area contributed by atoms with Gasteiger partial charge in [0.15, 0.2) is 5.69 Å². The zero-order valence-corrected chi connectivity index (χ0v) is 10.7. The number of carbonyl (C=O) groups excluding carboxylic acids is 1. The minimum Gasteiger partial charge on any atom is -0.364 e. The quantitative estimate of drug-likeness (QED) is 0.884. The lowest BCUT2D eigenvalue weighted by atomic mass is 10.1. The van der Waals surface area contributed by atoms with Gasteiger partial charge in [-0.25, -0.2) is 0 Å². The molecule has 0 bridgehead atoms. The first-order valence-corrected chi connectivity index (χ1v) is 5.67. The molecule has 2 rings (SSSR count). The number of hydrogen-bond donors (Lipinski definition) is 2. The number of carbonyl (C=O) groups is 1. The van der Waals surface area contributed by atoms with Crippen molar-refractivity contribution in [3.8, 4) is 11.3 Å². The van der Waals surface area contributed by atoms with Crippen LogP contribution in [0.15, 0.2) is 22.7 Å². The number of nitrogens with two attached hydrogens (primary N) is 1. The van der Waals surface area contributed by atoms with E-state index in [0.29, 0.717) is 0 Å². The van der Waals surface area contributed by atoms with Crippen LogP contribution in [-0.2, 0) is 6.18 Å². The van der Waals surface area contributed by atoms with Crippen molar-refractivity contribution < 1.29 is 18.0 Å². The van der Waals surface area contributed by atoms with Crippen LogP contribution in [0.2, 0.25) is 0 Å². The Morgan fingerprint density at radius 3 is 2.53 bits per heavy atom. The summed E-state index contributed by atoms with van der Waals surface area (Å²) in [6.07, 6.45) is -4.50. The first-order valence-electron chi connectivity index (χ1n) is 4.88. The SMILES string of the molecule is NC(=O)c1n[nH]nc1-c1cc(Br)cc(C(F)(F)F)c1. The first kappa shape index (κ1) is 13.5. The summed E-state index contributed by atoms with van der Waals surface area (Å²) in [5.41, 5.74) is 4.04. The third kappa shape index (κ3) is 2.75. The van der Waals surface area contributed by atoms with Crippen LogP contribution in [0.25, 0.3) is 11.3 Å². The minimum absolute atomic E-state index is 0.0284. The third-order valence-corrected chi connectivity index (χ3v) is 2.74. The van der Waals surface area contributed by atoms with Crippen LogP contribution >= 0.6 is 15.9 Å². The highest BCUT2D eigenvalue weighted by atomic mass is 79.9. The molecule has 100 valence electrons. The van der Waals surface area contributed by atoms with E-state index in [-0.39, 0.29) is 21.4 Å². The largest absolute Gasteiger partial charge is 0.416 e. The summed E-state index contributed by atoms with van der Waals surface area (Å²) in [6.45, 7) is 0. The molecular weight excluding hydrogens is 329 g/mol. The van der Waals surface area contributed by atoms with Crippen LogP contribution < -0.4 is 5.73 Å². The molecule has 5 nitrogen and oxygen atoms in total. The zero-order chi connectivity index (χ0) is 14.2. The number of aromatic nitrogens is 3. The van der Waals surface area contributed by atoms with Gasteiger partial charge in [-0.2, -0.15) is 28.6 Å². The van der Waals surface area contributed by atoms with Crippen molar-refractivity contribution in [2.24, 2.45) is 5.73 Å². The minimum atomic E-state index is -4.50. The predicted octanol–water partition coefficient (Wildman–Crippen LogP) is 2.35. The van der Waals surface area contributed by atoms with Crippen LogP contribution in [0.4, 0.5) is 13.2 Å². The van der Waals surface area contributed by atoms with Gasteiger partial charge in [0.05, 0.1) is 5.56 Å². The van der Waals surface area contributed by atoms with E-state index < -0.39 is 17.6 Å². The fraction of sp³-hybridized carbons (Fsp3) is 0.100. The van der Waals surface area contributed by atoms with Crippen LogP contribution in [0.1, 0.15) is 16.1 Å². The van der Waals surface area contributed by atoms with Crippen molar-refractivity contribution >= 4 is 21.8 Å². The number of benzene rings is 1. The van der Waals surface area contributed by atoms with Gasteiger partial charge in [0.25, 0.3) is 5.91 Å². The molecule has 0 aliphatic heterocycles. The molecule has 0 saturated carbocycles. The standard InChI is InChI=1S/C10H6BrF3N4O/c11-6-2-4(1-5(3-6)10(12,13)14)7-8(9(15)19)17-18-16-7/h1-3H,(H2,15,19)(H,16,17,18). The molecular formula is C10H6BrF3N4O. The normalized spacial score (nSPS) is 11.6. The van der Waals surface area contributed by atoms with E-state index in [1.54, 1.807) is 0 Å². The number of amides is 1. The molecule has 0 unspecified atom stereocenters. The van der Waals surface area contributed by atoms with E-state index in [0.717, 1.165) is 12.1 Å². The summed E-state index contributed by atoms with van der Waals surface area (Å²) in [5.74, 6) is -0.878. The number of nitrogens with one attached hydrogen (secondary N) is 1. The predicted molar refractivity (Wildman–Crippen MR) is 63.0 cm³/mol. The van der Waals surface area contributed by atoms with E-state index in [1.165, 1.54) is 6.07 Å². The average Bonchev–Trinajstić information content (AvgIpc) is 2.75. The number of aromatic amines is 1. The summed E-state index contributed by atoms with van der Waals surface area (Å²) in [4.78, 5) is 11.1. The second kappa shape index (κ2) is 4.65. The van der Waals surface area contributed by atoms with Crippen molar-refractivity contribution in [1.82, 2.24) is 15.4 Å². The smallest absolute Gasteiger partial charge is 0.364 e. The summed E-state index contributed by atoms with van der Waals surface area (Å²) in [7, 11) is 0. The van der Waals surface area contributed by atoms with Gasteiger partial charge in [0.2, 0.25) is 0 Å². The van der Waals surface area contributed by atoms with Crippen molar-refractivity contribution in [2.45, 2.75) is 6.18 Å². The highest BCUT2D eigenvalue weighted by Gasteiger charge is 2.31. The third-order valence-electron chi connectivity index (χ3n) is 2.28. The highest BCUT2D eigenvalue weighted by molar-refractivity contribution is 9.10. The van der Waals surface area contributed by atoms with Crippen LogP contribution in [-0.4, -0.2) is 21.3 Å². The van der Waals surface area contributed by atoms with E-state index in [9.17, 15) is 18.0 Å². The maximum absolute atomic E-state index is 12.7. The Bertz CT molecular complexity index is 638. The van der Waals surface area contributed by atoms with Crippen LogP contribution in [0, 0.1) is 0 Å².